The van der Waals surface area contributed by atoms with Gasteiger partial charge in [-0.2, -0.15) is 0 Å². The molecule has 0 saturated carbocycles. The number of amides is 2. The summed E-state index contributed by atoms with van der Waals surface area (Å²) in [4.78, 5) is 31.2. The van der Waals surface area contributed by atoms with E-state index in [1.165, 1.54) is 0 Å². The quantitative estimate of drug-likeness (QED) is 0.359. The Balaban J connectivity index is 1.89. The summed E-state index contributed by atoms with van der Waals surface area (Å²) in [6.45, 7) is 15.2. The van der Waals surface area contributed by atoms with Gasteiger partial charge in [0, 0.05) is 36.6 Å². The standard InChI is InChI=1S/C22H41N5O3/c1-8-23-19(25-12-11-24-18(28)21(2,3)4)26-15-13-16-9-10-17(14-15)27(16)20(29)30-22(5,6)7/h15-17H,8-14H2,1-7H3,(H,24,28)(H2,23,25,26). The van der Waals surface area contributed by atoms with E-state index < -0.39 is 11.0 Å². The number of rotatable bonds is 5. The molecule has 2 fully saturated rings. The number of nitrogens with zero attached hydrogens (tertiary/aromatic N) is 2. The van der Waals surface area contributed by atoms with Gasteiger partial charge in [-0.05, 0) is 53.4 Å². The van der Waals surface area contributed by atoms with E-state index in [2.05, 4.69) is 20.9 Å². The molecule has 2 unspecified atom stereocenters. The topological polar surface area (TPSA) is 95.1 Å². The lowest BCUT2D eigenvalue weighted by Crippen LogP contribution is -2.55. The number of fused-ring (bicyclic) bond motifs is 2. The normalized spacial score (nSPS) is 24.4. The molecule has 2 aliphatic heterocycles. The molecule has 3 N–H and O–H groups in total. The molecule has 2 saturated heterocycles. The molecule has 2 amide bonds. The van der Waals surface area contributed by atoms with E-state index in [9.17, 15) is 9.59 Å². The van der Waals surface area contributed by atoms with Crippen LogP contribution in [0.5, 0.6) is 0 Å². The Bertz CT molecular complexity index is 622. The highest BCUT2D eigenvalue weighted by Crippen LogP contribution is 2.36. The number of hydrogen-bond acceptors (Lipinski definition) is 4. The van der Waals surface area contributed by atoms with Crippen LogP contribution in [0, 0.1) is 5.41 Å². The van der Waals surface area contributed by atoms with Crippen LogP contribution in [-0.2, 0) is 9.53 Å². The monoisotopic (exact) mass is 423 g/mol. The molecule has 0 radical (unpaired) electrons. The molecule has 30 heavy (non-hydrogen) atoms. The van der Waals surface area contributed by atoms with Crippen LogP contribution in [0.25, 0.3) is 0 Å². The van der Waals surface area contributed by atoms with E-state index in [-0.39, 0.29) is 30.1 Å². The summed E-state index contributed by atoms with van der Waals surface area (Å²) in [7, 11) is 0. The molecule has 2 aliphatic rings. The van der Waals surface area contributed by atoms with Crippen LogP contribution in [0.15, 0.2) is 4.99 Å². The molecule has 2 rings (SSSR count). The van der Waals surface area contributed by atoms with Gasteiger partial charge in [0.05, 0.1) is 6.54 Å². The Morgan fingerprint density at radius 1 is 1.03 bits per heavy atom. The molecule has 0 aliphatic carbocycles. The Hall–Kier alpha value is -1.99. The van der Waals surface area contributed by atoms with Crippen LogP contribution < -0.4 is 16.0 Å². The second-order valence-corrected chi connectivity index (χ2v) is 10.4. The number of piperidine rings is 1. The fourth-order valence-corrected chi connectivity index (χ4v) is 4.02. The third-order valence-electron chi connectivity index (χ3n) is 5.37. The number of nitrogens with one attached hydrogen (secondary N) is 3. The lowest BCUT2D eigenvalue weighted by Gasteiger charge is -2.40. The average molecular weight is 424 g/mol. The highest BCUT2D eigenvalue weighted by atomic mass is 16.6. The molecule has 0 aromatic heterocycles. The van der Waals surface area contributed by atoms with E-state index >= 15 is 0 Å². The van der Waals surface area contributed by atoms with Crippen molar-refractivity contribution in [1.29, 1.82) is 0 Å². The summed E-state index contributed by atoms with van der Waals surface area (Å²) in [5.74, 6) is 0.791. The van der Waals surface area contributed by atoms with Crippen LogP contribution in [0.2, 0.25) is 0 Å². The number of hydrogen-bond donors (Lipinski definition) is 3. The van der Waals surface area contributed by atoms with Gasteiger partial charge < -0.3 is 25.6 Å². The zero-order valence-corrected chi connectivity index (χ0v) is 19.8. The van der Waals surface area contributed by atoms with Crippen molar-refractivity contribution in [2.75, 3.05) is 19.6 Å². The lowest BCUT2D eigenvalue weighted by atomic mass is 9.96. The molecule has 2 atom stereocenters. The average Bonchev–Trinajstić information content (AvgIpc) is 2.87. The SMILES string of the molecule is CCNC(=NCCNC(=O)C(C)(C)C)NC1CC2CCC(C1)N2C(=O)OC(C)(C)C. The predicted molar refractivity (Wildman–Crippen MR) is 119 cm³/mol. The molecule has 172 valence electrons. The molecule has 0 aromatic rings. The van der Waals surface area contributed by atoms with E-state index in [0.29, 0.717) is 13.1 Å². The third-order valence-corrected chi connectivity index (χ3v) is 5.37. The van der Waals surface area contributed by atoms with Gasteiger partial charge in [0.2, 0.25) is 5.91 Å². The van der Waals surface area contributed by atoms with Crippen molar-refractivity contribution >= 4 is 18.0 Å². The summed E-state index contributed by atoms with van der Waals surface area (Å²) >= 11 is 0. The van der Waals surface area contributed by atoms with Crippen molar-refractivity contribution in [3.8, 4) is 0 Å². The zero-order valence-electron chi connectivity index (χ0n) is 19.8. The predicted octanol–water partition coefficient (Wildman–Crippen LogP) is 2.63. The van der Waals surface area contributed by atoms with Crippen LogP contribution in [0.3, 0.4) is 0 Å². The first-order valence-electron chi connectivity index (χ1n) is 11.2. The first-order chi connectivity index (χ1) is 13.9. The lowest BCUT2D eigenvalue weighted by molar-refractivity contribution is -0.128. The Kier molecular flexibility index (Phi) is 7.99. The second-order valence-electron chi connectivity index (χ2n) is 10.4. The van der Waals surface area contributed by atoms with Gasteiger partial charge in [-0.15, -0.1) is 0 Å². The molecule has 2 bridgehead atoms. The summed E-state index contributed by atoms with van der Waals surface area (Å²) in [5, 5.41) is 9.74. The van der Waals surface area contributed by atoms with Crippen molar-refractivity contribution in [2.24, 2.45) is 10.4 Å². The van der Waals surface area contributed by atoms with Crippen molar-refractivity contribution in [3.05, 3.63) is 0 Å². The van der Waals surface area contributed by atoms with Gasteiger partial charge in [-0.1, -0.05) is 20.8 Å². The maximum atomic E-state index is 12.6. The molecular formula is C22H41N5O3. The van der Waals surface area contributed by atoms with Gasteiger partial charge >= 0.3 is 6.09 Å². The molecular weight excluding hydrogens is 382 g/mol. The smallest absolute Gasteiger partial charge is 0.410 e. The number of ether oxygens (including phenoxy) is 1. The fraction of sp³-hybridized carbons (Fsp3) is 0.864. The van der Waals surface area contributed by atoms with Gasteiger partial charge in [-0.3, -0.25) is 9.79 Å². The maximum Gasteiger partial charge on any atom is 0.410 e. The van der Waals surface area contributed by atoms with Gasteiger partial charge in [0.15, 0.2) is 5.96 Å². The Morgan fingerprint density at radius 3 is 2.13 bits per heavy atom. The van der Waals surface area contributed by atoms with Crippen molar-refractivity contribution < 1.29 is 14.3 Å². The Labute approximate surface area is 181 Å². The van der Waals surface area contributed by atoms with Gasteiger partial charge in [0.25, 0.3) is 0 Å². The molecule has 8 heteroatoms. The largest absolute Gasteiger partial charge is 0.444 e. The first kappa shape index (κ1) is 24.3. The van der Waals surface area contributed by atoms with Crippen LogP contribution in [-0.4, -0.2) is 66.2 Å². The van der Waals surface area contributed by atoms with Crippen LogP contribution >= 0.6 is 0 Å². The summed E-state index contributed by atoms with van der Waals surface area (Å²) in [6, 6.07) is 0.693. The Morgan fingerprint density at radius 2 is 1.63 bits per heavy atom. The second kappa shape index (κ2) is 9.88. The van der Waals surface area contributed by atoms with Crippen LogP contribution in [0.1, 0.15) is 74.1 Å². The number of aliphatic imine (C=N–C) groups is 1. The molecule has 2 heterocycles. The number of carbonyl (C=O) groups excluding carboxylic acids is 2. The van der Waals surface area contributed by atoms with E-state index in [1.54, 1.807) is 0 Å². The zero-order chi connectivity index (χ0) is 22.5. The van der Waals surface area contributed by atoms with Crippen molar-refractivity contribution in [3.63, 3.8) is 0 Å². The fourth-order valence-electron chi connectivity index (χ4n) is 4.02. The number of carbonyl (C=O) groups is 2. The maximum absolute atomic E-state index is 12.6. The molecule has 8 nitrogen and oxygen atoms in total. The molecule has 0 aromatic carbocycles. The number of guanidine groups is 1. The summed E-state index contributed by atoms with van der Waals surface area (Å²) < 4.78 is 5.62. The minimum absolute atomic E-state index is 0.0294. The van der Waals surface area contributed by atoms with Gasteiger partial charge in [0.1, 0.15) is 5.60 Å². The first-order valence-corrected chi connectivity index (χ1v) is 11.2. The minimum atomic E-state index is -0.473. The summed E-state index contributed by atoms with van der Waals surface area (Å²) in [6.07, 6.45) is 3.63. The van der Waals surface area contributed by atoms with E-state index in [4.69, 9.17) is 4.74 Å². The molecule has 0 spiro atoms. The highest BCUT2D eigenvalue weighted by Gasteiger charge is 2.45. The summed E-state index contributed by atoms with van der Waals surface area (Å²) in [5.41, 5.74) is -0.868. The minimum Gasteiger partial charge on any atom is -0.444 e. The van der Waals surface area contributed by atoms with Gasteiger partial charge in [-0.25, -0.2) is 4.79 Å². The third kappa shape index (κ3) is 7.06. The van der Waals surface area contributed by atoms with Crippen molar-refractivity contribution in [1.82, 2.24) is 20.9 Å². The van der Waals surface area contributed by atoms with Crippen molar-refractivity contribution in [2.45, 2.75) is 97.9 Å². The van der Waals surface area contributed by atoms with Crippen LogP contribution in [0.4, 0.5) is 4.79 Å². The van der Waals surface area contributed by atoms with E-state index in [1.807, 2.05) is 53.4 Å². The highest BCUT2D eigenvalue weighted by molar-refractivity contribution is 5.81. The van der Waals surface area contributed by atoms with E-state index in [0.717, 1.165) is 38.2 Å².